The Balaban J connectivity index is 1.64. The normalized spacial score (nSPS) is 10.7. The van der Waals surface area contributed by atoms with Crippen molar-refractivity contribution in [3.05, 3.63) is 107 Å². The SMILES string of the molecule is COc1cc(OC)cc(-c2nn(-c3ccc(F)cc3)c(OC(C)=O)c2-c2ccc(NC(=O)c3ccc(Cl)cc3)cc2)c1. The van der Waals surface area contributed by atoms with E-state index in [1.165, 1.54) is 50.1 Å². The third kappa shape index (κ3) is 6.11. The number of methoxy groups -OCH3 is 2. The minimum Gasteiger partial charge on any atom is -0.497 e. The fourth-order valence-corrected chi connectivity index (χ4v) is 4.45. The van der Waals surface area contributed by atoms with E-state index >= 15 is 0 Å². The first kappa shape index (κ1) is 28.4. The van der Waals surface area contributed by atoms with Crippen molar-refractivity contribution in [1.82, 2.24) is 9.78 Å². The number of carbonyl (C=O) groups excluding carboxylic acids is 2. The molecule has 1 amide bonds. The van der Waals surface area contributed by atoms with Gasteiger partial charge in [0.15, 0.2) is 0 Å². The number of carbonyl (C=O) groups is 2. The van der Waals surface area contributed by atoms with Gasteiger partial charge in [0, 0.05) is 34.8 Å². The first-order valence-corrected chi connectivity index (χ1v) is 13.1. The molecule has 1 aromatic heterocycles. The molecule has 0 radical (unpaired) electrons. The first-order valence-electron chi connectivity index (χ1n) is 12.7. The molecular formula is C32H25ClFN3O5. The van der Waals surface area contributed by atoms with E-state index in [-0.39, 0.29) is 11.8 Å². The molecule has 212 valence electrons. The second-order valence-electron chi connectivity index (χ2n) is 9.15. The van der Waals surface area contributed by atoms with Crippen LogP contribution in [0.25, 0.3) is 28.1 Å². The van der Waals surface area contributed by atoms with Crippen LogP contribution in [0.15, 0.2) is 91.0 Å². The predicted octanol–water partition coefficient (Wildman–Crippen LogP) is 7.19. The third-order valence-corrected chi connectivity index (χ3v) is 6.57. The number of nitrogens with one attached hydrogen (secondary N) is 1. The molecule has 1 heterocycles. The second-order valence-corrected chi connectivity index (χ2v) is 9.59. The number of hydrogen-bond acceptors (Lipinski definition) is 6. The lowest BCUT2D eigenvalue weighted by molar-refractivity contribution is -0.132. The minimum atomic E-state index is -0.568. The van der Waals surface area contributed by atoms with Crippen LogP contribution in [0.4, 0.5) is 10.1 Å². The Morgan fingerprint density at radius 2 is 1.45 bits per heavy atom. The Morgan fingerprint density at radius 3 is 2.02 bits per heavy atom. The van der Waals surface area contributed by atoms with Gasteiger partial charge in [-0.3, -0.25) is 9.59 Å². The number of benzene rings is 4. The predicted molar refractivity (Wildman–Crippen MR) is 158 cm³/mol. The molecule has 0 atom stereocenters. The number of ether oxygens (including phenoxy) is 3. The summed E-state index contributed by atoms with van der Waals surface area (Å²) in [5, 5.41) is 8.20. The van der Waals surface area contributed by atoms with E-state index < -0.39 is 11.8 Å². The van der Waals surface area contributed by atoms with Crippen LogP contribution < -0.4 is 19.5 Å². The molecule has 0 fully saturated rings. The molecule has 0 aliphatic heterocycles. The molecule has 8 nitrogen and oxygen atoms in total. The molecule has 10 heteroatoms. The number of halogens is 2. The maximum absolute atomic E-state index is 13.8. The lowest BCUT2D eigenvalue weighted by atomic mass is 10.0. The van der Waals surface area contributed by atoms with E-state index in [2.05, 4.69) is 5.32 Å². The Labute approximate surface area is 246 Å². The van der Waals surface area contributed by atoms with Crippen molar-refractivity contribution in [1.29, 1.82) is 0 Å². The molecule has 1 N–H and O–H groups in total. The number of esters is 1. The van der Waals surface area contributed by atoms with Crippen molar-refractivity contribution in [2.24, 2.45) is 0 Å². The average molecular weight is 586 g/mol. The average Bonchev–Trinajstić information content (AvgIpc) is 3.36. The van der Waals surface area contributed by atoms with E-state index in [4.69, 9.17) is 30.9 Å². The van der Waals surface area contributed by atoms with Crippen molar-refractivity contribution in [3.8, 4) is 45.5 Å². The lowest BCUT2D eigenvalue weighted by Crippen LogP contribution is -2.11. The smallest absolute Gasteiger partial charge is 0.309 e. The molecule has 4 aromatic carbocycles. The van der Waals surface area contributed by atoms with Gasteiger partial charge in [0.2, 0.25) is 5.88 Å². The van der Waals surface area contributed by atoms with Crippen molar-refractivity contribution in [2.75, 3.05) is 19.5 Å². The highest BCUT2D eigenvalue weighted by Gasteiger charge is 2.25. The summed E-state index contributed by atoms with van der Waals surface area (Å²) in [5.74, 6) is -0.102. The third-order valence-electron chi connectivity index (χ3n) is 6.32. The highest BCUT2D eigenvalue weighted by molar-refractivity contribution is 6.30. The summed E-state index contributed by atoms with van der Waals surface area (Å²) in [6.45, 7) is 1.29. The Hall–Kier alpha value is -5.15. The van der Waals surface area contributed by atoms with Gasteiger partial charge in [-0.25, -0.2) is 4.39 Å². The van der Waals surface area contributed by atoms with Crippen LogP contribution in [0.3, 0.4) is 0 Å². The topological polar surface area (TPSA) is 91.7 Å². The molecule has 0 unspecified atom stereocenters. The van der Waals surface area contributed by atoms with Crippen LogP contribution in [-0.2, 0) is 4.79 Å². The van der Waals surface area contributed by atoms with Gasteiger partial charge in [-0.05, 0) is 78.4 Å². The molecule has 0 saturated carbocycles. The fourth-order valence-electron chi connectivity index (χ4n) is 4.32. The van der Waals surface area contributed by atoms with Gasteiger partial charge in [0.25, 0.3) is 5.91 Å². The van der Waals surface area contributed by atoms with Crippen molar-refractivity contribution < 1.29 is 28.2 Å². The monoisotopic (exact) mass is 585 g/mol. The van der Waals surface area contributed by atoms with Gasteiger partial charge in [-0.2, -0.15) is 9.78 Å². The largest absolute Gasteiger partial charge is 0.497 e. The molecule has 0 aliphatic rings. The number of aromatic nitrogens is 2. The van der Waals surface area contributed by atoms with Crippen LogP contribution in [0, 0.1) is 5.82 Å². The molecule has 0 bridgehead atoms. The van der Waals surface area contributed by atoms with E-state index in [1.807, 2.05) is 0 Å². The van der Waals surface area contributed by atoms with Gasteiger partial charge in [0.05, 0.1) is 25.5 Å². The van der Waals surface area contributed by atoms with E-state index in [0.29, 0.717) is 55.8 Å². The summed E-state index contributed by atoms with van der Waals surface area (Å²) >= 11 is 5.93. The Kier molecular flexibility index (Phi) is 8.21. The molecule has 0 spiro atoms. The molecule has 5 rings (SSSR count). The minimum absolute atomic E-state index is 0.129. The highest BCUT2D eigenvalue weighted by atomic mass is 35.5. The summed E-state index contributed by atoms with van der Waals surface area (Å²) in [6.07, 6.45) is 0. The maximum Gasteiger partial charge on any atom is 0.309 e. The Morgan fingerprint density at radius 1 is 0.833 bits per heavy atom. The van der Waals surface area contributed by atoms with Crippen LogP contribution in [0.1, 0.15) is 17.3 Å². The summed E-state index contributed by atoms with van der Waals surface area (Å²) in [5.41, 5.74) is 3.67. The highest BCUT2D eigenvalue weighted by Crippen LogP contribution is 2.43. The molecule has 0 saturated heterocycles. The Bertz CT molecular complexity index is 1730. The van der Waals surface area contributed by atoms with E-state index in [0.717, 1.165) is 0 Å². The van der Waals surface area contributed by atoms with Crippen molar-refractivity contribution >= 4 is 29.2 Å². The van der Waals surface area contributed by atoms with Gasteiger partial charge in [0.1, 0.15) is 23.0 Å². The van der Waals surface area contributed by atoms with Gasteiger partial charge < -0.3 is 19.5 Å². The lowest BCUT2D eigenvalue weighted by Gasteiger charge is -2.11. The zero-order chi connectivity index (χ0) is 29.8. The van der Waals surface area contributed by atoms with Crippen LogP contribution >= 0.6 is 11.6 Å². The number of hydrogen-bond donors (Lipinski definition) is 1. The van der Waals surface area contributed by atoms with Crippen molar-refractivity contribution in [3.63, 3.8) is 0 Å². The molecule has 42 heavy (non-hydrogen) atoms. The summed E-state index contributed by atoms with van der Waals surface area (Å²) in [6, 6.07) is 24.5. The van der Waals surface area contributed by atoms with Crippen LogP contribution in [0.5, 0.6) is 17.4 Å². The van der Waals surface area contributed by atoms with Gasteiger partial charge >= 0.3 is 5.97 Å². The van der Waals surface area contributed by atoms with E-state index in [1.54, 1.807) is 66.7 Å². The zero-order valence-corrected chi connectivity index (χ0v) is 23.6. The molecule has 0 aliphatic carbocycles. The van der Waals surface area contributed by atoms with Crippen molar-refractivity contribution in [2.45, 2.75) is 6.92 Å². The fraction of sp³-hybridized carbons (Fsp3) is 0.0938. The standard InChI is InChI=1S/C32H25ClFN3O5/c1-19(38)42-32-29(20-6-12-25(13-7-20)35-31(39)21-4-8-23(33)9-5-21)30(22-16-27(40-2)18-28(17-22)41-3)36-37(32)26-14-10-24(34)11-15-26/h4-18H,1-3H3,(H,35,39). The summed E-state index contributed by atoms with van der Waals surface area (Å²) < 4.78 is 31.9. The second kappa shape index (κ2) is 12.2. The molecular weight excluding hydrogens is 561 g/mol. The van der Waals surface area contributed by atoms with Crippen LogP contribution in [-0.4, -0.2) is 35.9 Å². The number of anilines is 1. The zero-order valence-electron chi connectivity index (χ0n) is 22.9. The number of amides is 1. The summed E-state index contributed by atoms with van der Waals surface area (Å²) in [4.78, 5) is 25.0. The van der Waals surface area contributed by atoms with Gasteiger partial charge in [-0.15, -0.1) is 0 Å². The number of nitrogens with zero attached hydrogens (tertiary/aromatic N) is 2. The van der Waals surface area contributed by atoms with E-state index in [9.17, 15) is 14.0 Å². The summed E-state index contributed by atoms with van der Waals surface area (Å²) in [7, 11) is 3.08. The van der Waals surface area contributed by atoms with Crippen LogP contribution in [0.2, 0.25) is 5.02 Å². The number of rotatable bonds is 8. The maximum atomic E-state index is 13.8. The first-order chi connectivity index (χ1) is 20.2. The molecule has 5 aromatic rings. The van der Waals surface area contributed by atoms with Gasteiger partial charge in [-0.1, -0.05) is 23.7 Å². The quantitative estimate of drug-likeness (QED) is 0.194.